The predicted octanol–water partition coefficient (Wildman–Crippen LogP) is 3.46. The molecule has 0 aliphatic carbocycles. The Morgan fingerprint density at radius 1 is 1.32 bits per heavy atom. The molecule has 1 aromatic carbocycles. The molecular weight excluding hydrogens is 238 g/mol. The normalized spacial score (nSPS) is 20.3. The molecule has 1 aromatic rings. The Balaban J connectivity index is 2.10. The lowest BCUT2D eigenvalue weighted by Gasteiger charge is -2.40. The first-order valence-electron chi connectivity index (χ1n) is 7.21. The summed E-state index contributed by atoms with van der Waals surface area (Å²) in [7, 11) is 0. The number of phenolic OH excluding ortho intramolecular Hbond substituents is 1. The van der Waals surface area contributed by atoms with E-state index < -0.39 is 6.10 Å². The summed E-state index contributed by atoms with van der Waals surface area (Å²) in [6, 6.07) is 5.59. The van der Waals surface area contributed by atoms with Crippen molar-refractivity contribution >= 4 is 5.69 Å². The van der Waals surface area contributed by atoms with Gasteiger partial charge in [0.05, 0.1) is 6.10 Å². The number of aliphatic hydroxyl groups is 1. The number of piperidine rings is 1. The van der Waals surface area contributed by atoms with Crippen LogP contribution in [0.2, 0.25) is 0 Å². The van der Waals surface area contributed by atoms with Gasteiger partial charge in [0.15, 0.2) is 0 Å². The lowest BCUT2D eigenvalue weighted by Crippen LogP contribution is -2.38. The second kappa shape index (κ2) is 5.41. The Kier molecular flexibility index (Phi) is 4.04. The summed E-state index contributed by atoms with van der Waals surface area (Å²) in [5, 5.41) is 19.5. The van der Waals surface area contributed by atoms with Crippen LogP contribution in [0.25, 0.3) is 0 Å². The molecule has 0 saturated carbocycles. The number of rotatable bonds is 3. The number of benzene rings is 1. The van der Waals surface area contributed by atoms with Crippen LogP contribution in [0.15, 0.2) is 18.2 Å². The summed E-state index contributed by atoms with van der Waals surface area (Å²) in [5.74, 6) is 0.191. The lowest BCUT2D eigenvalue weighted by atomic mass is 9.78. The average molecular weight is 263 g/mol. The largest absolute Gasteiger partial charge is 0.507 e. The van der Waals surface area contributed by atoms with Gasteiger partial charge >= 0.3 is 0 Å². The van der Waals surface area contributed by atoms with Crippen LogP contribution in [0, 0.1) is 5.41 Å². The van der Waals surface area contributed by atoms with E-state index in [2.05, 4.69) is 18.7 Å². The third kappa shape index (κ3) is 3.03. The summed E-state index contributed by atoms with van der Waals surface area (Å²) in [5.41, 5.74) is 2.12. The molecule has 1 heterocycles. The number of phenols is 1. The van der Waals surface area contributed by atoms with E-state index in [-0.39, 0.29) is 5.75 Å². The van der Waals surface area contributed by atoms with E-state index in [4.69, 9.17) is 0 Å². The summed E-state index contributed by atoms with van der Waals surface area (Å²) >= 11 is 0. The second-order valence-corrected chi connectivity index (χ2v) is 6.07. The minimum Gasteiger partial charge on any atom is -0.507 e. The van der Waals surface area contributed by atoms with E-state index in [9.17, 15) is 10.2 Å². The molecule has 1 fully saturated rings. The molecule has 0 radical (unpaired) electrons. The quantitative estimate of drug-likeness (QED) is 0.877. The molecule has 1 unspecified atom stereocenters. The van der Waals surface area contributed by atoms with Crippen molar-refractivity contribution in [3.8, 4) is 5.75 Å². The molecular formula is C16H25NO2. The SMILES string of the molecule is CCC1(C)CCN(c2ccc(C(C)O)c(O)c2)CC1. The smallest absolute Gasteiger partial charge is 0.123 e. The van der Waals surface area contributed by atoms with Crippen LogP contribution in [-0.4, -0.2) is 23.3 Å². The summed E-state index contributed by atoms with van der Waals surface area (Å²) in [6.07, 6.45) is 3.00. The Labute approximate surface area is 115 Å². The van der Waals surface area contributed by atoms with Crippen molar-refractivity contribution in [3.63, 3.8) is 0 Å². The first-order chi connectivity index (χ1) is 8.95. The minimum absolute atomic E-state index is 0.191. The van der Waals surface area contributed by atoms with Gasteiger partial charge < -0.3 is 15.1 Å². The molecule has 106 valence electrons. The molecule has 3 heteroatoms. The fraction of sp³-hybridized carbons (Fsp3) is 0.625. The standard InChI is InChI=1S/C16H25NO2/c1-4-16(3)7-9-17(10-8-16)13-5-6-14(12(2)18)15(19)11-13/h5-6,11-12,18-19H,4,7-10H2,1-3H3. The monoisotopic (exact) mass is 263 g/mol. The molecule has 1 atom stereocenters. The van der Waals surface area contributed by atoms with E-state index in [0.717, 1.165) is 18.8 Å². The fourth-order valence-corrected chi connectivity index (χ4v) is 2.74. The Bertz CT molecular complexity index is 434. The van der Waals surface area contributed by atoms with Crippen LogP contribution in [-0.2, 0) is 0 Å². The maximum absolute atomic E-state index is 9.95. The van der Waals surface area contributed by atoms with Crippen LogP contribution < -0.4 is 4.90 Å². The van der Waals surface area contributed by atoms with E-state index in [1.807, 2.05) is 12.1 Å². The third-order valence-electron chi connectivity index (χ3n) is 4.65. The van der Waals surface area contributed by atoms with E-state index in [1.165, 1.54) is 19.3 Å². The molecule has 19 heavy (non-hydrogen) atoms. The predicted molar refractivity (Wildman–Crippen MR) is 78.6 cm³/mol. The molecule has 0 amide bonds. The number of aliphatic hydroxyl groups excluding tert-OH is 1. The molecule has 2 N–H and O–H groups in total. The zero-order valence-electron chi connectivity index (χ0n) is 12.2. The van der Waals surface area contributed by atoms with Crippen molar-refractivity contribution in [1.29, 1.82) is 0 Å². The maximum Gasteiger partial charge on any atom is 0.123 e. The van der Waals surface area contributed by atoms with Gasteiger partial charge in [-0.1, -0.05) is 26.3 Å². The highest BCUT2D eigenvalue weighted by atomic mass is 16.3. The fourth-order valence-electron chi connectivity index (χ4n) is 2.74. The summed E-state index contributed by atoms with van der Waals surface area (Å²) < 4.78 is 0. The van der Waals surface area contributed by atoms with Gasteiger partial charge in [0, 0.05) is 30.4 Å². The van der Waals surface area contributed by atoms with Gasteiger partial charge in [-0.2, -0.15) is 0 Å². The van der Waals surface area contributed by atoms with Crippen molar-refractivity contribution in [2.24, 2.45) is 5.41 Å². The van der Waals surface area contributed by atoms with Crippen LogP contribution in [0.4, 0.5) is 5.69 Å². The number of nitrogens with zero attached hydrogens (tertiary/aromatic N) is 1. The first kappa shape index (κ1) is 14.2. The van der Waals surface area contributed by atoms with Crippen LogP contribution in [0.5, 0.6) is 5.75 Å². The minimum atomic E-state index is -0.626. The highest BCUT2D eigenvalue weighted by molar-refractivity contribution is 5.54. The zero-order chi connectivity index (χ0) is 14.0. The Morgan fingerprint density at radius 3 is 2.42 bits per heavy atom. The number of hydrogen-bond donors (Lipinski definition) is 2. The third-order valence-corrected chi connectivity index (χ3v) is 4.65. The van der Waals surface area contributed by atoms with Gasteiger partial charge in [-0.05, 0) is 31.2 Å². The Morgan fingerprint density at radius 2 is 1.95 bits per heavy atom. The van der Waals surface area contributed by atoms with Crippen molar-refractivity contribution < 1.29 is 10.2 Å². The maximum atomic E-state index is 9.95. The molecule has 0 spiro atoms. The van der Waals surface area contributed by atoms with Crippen molar-refractivity contribution in [3.05, 3.63) is 23.8 Å². The number of hydrogen-bond acceptors (Lipinski definition) is 3. The Hall–Kier alpha value is -1.22. The van der Waals surface area contributed by atoms with Crippen molar-refractivity contribution in [1.82, 2.24) is 0 Å². The van der Waals surface area contributed by atoms with Crippen molar-refractivity contribution in [2.75, 3.05) is 18.0 Å². The van der Waals surface area contributed by atoms with Gasteiger partial charge in [0.2, 0.25) is 0 Å². The van der Waals surface area contributed by atoms with Gasteiger partial charge in [-0.3, -0.25) is 0 Å². The van der Waals surface area contributed by atoms with E-state index >= 15 is 0 Å². The molecule has 0 bridgehead atoms. The second-order valence-electron chi connectivity index (χ2n) is 6.07. The van der Waals surface area contributed by atoms with Gasteiger partial charge in [0.25, 0.3) is 0 Å². The molecule has 0 aromatic heterocycles. The van der Waals surface area contributed by atoms with Gasteiger partial charge in [0.1, 0.15) is 5.75 Å². The zero-order valence-corrected chi connectivity index (χ0v) is 12.2. The van der Waals surface area contributed by atoms with E-state index in [1.54, 1.807) is 13.0 Å². The highest BCUT2D eigenvalue weighted by Gasteiger charge is 2.28. The summed E-state index contributed by atoms with van der Waals surface area (Å²) in [4.78, 5) is 2.32. The number of aromatic hydroxyl groups is 1. The van der Waals surface area contributed by atoms with Gasteiger partial charge in [-0.15, -0.1) is 0 Å². The highest BCUT2D eigenvalue weighted by Crippen LogP contribution is 2.37. The molecule has 1 aliphatic rings. The molecule has 1 saturated heterocycles. The first-order valence-corrected chi connectivity index (χ1v) is 7.21. The lowest BCUT2D eigenvalue weighted by molar-refractivity contribution is 0.195. The van der Waals surface area contributed by atoms with Crippen LogP contribution in [0.1, 0.15) is 51.7 Å². The van der Waals surface area contributed by atoms with Crippen LogP contribution >= 0.6 is 0 Å². The molecule has 3 nitrogen and oxygen atoms in total. The van der Waals surface area contributed by atoms with Crippen molar-refractivity contribution in [2.45, 2.75) is 46.1 Å². The summed E-state index contributed by atoms with van der Waals surface area (Å²) in [6.45, 7) is 8.37. The topological polar surface area (TPSA) is 43.7 Å². The number of anilines is 1. The van der Waals surface area contributed by atoms with Gasteiger partial charge in [-0.25, -0.2) is 0 Å². The van der Waals surface area contributed by atoms with Crippen LogP contribution in [0.3, 0.4) is 0 Å². The van der Waals surface area contributed by atoms with E-state index in [0.29, 0.717) is 11.0 Å². The molecule has 1 aliphatic heterocycles. The molecule has 2 rings (SSSR count). The average Bonchev–Trinajstić information content (AvgIpc) is 2.39.